The smallest absolute Gasteiger partial charge is 0.255 e. The Hall–Kier alpha value is -2.81. The van der Waals surface area contributed by atoms with Gasteiger partial charge in [-0.1, -0.05) is 0 Å². The molecule has 2 rings (SSSR count). The van der Waals surface area contributed by atoms with Gasteiger partial charge in [-0.05, 0) is 24.3 Å². The second kappa shape index (κ2) is 5.23. The first-order chi connectivity index (χ1) is 9.10. The fourth-order valence-corrected chi connectivity index (χ4v) is 1.44. The number of pyridine rings is 1. The normalized spacial score (nSPS) is 9.74. The molecule has 0 bridgehead atoms. The molecule has 19 heavy (non-hydrogen) atoms. The third-order valence-electron chi connectivity index (χ3n) is 2.33. The molecule has 0 spiro atoms. The molecule has 0 radical (unpaired) electrons. The molecule has 1 aromatic heterocycles. The van der Waals surface area contributed by atoms with Crippen LogP contribution in [0.2, 0.25) is 0 Å². The quantitative estimate of drug-likeness (QED) is 0.842. The number of nitrogens with zero attached hydrogens (tertiary/aromatic N) is 2. The molecule has 0 aliphatic rings. The minimum Gasteiger partial charge on any atom is -0.322 e. The van der Waals surface area contributed by atoms with Gasteiger partial charge in [-0.2, -0.15) is 9.65 Å². The van der Waals surface area contributed by atoms with Crippen molar-refractivity contribution < 1.29 is 13.6 Å². The SMILES string of the molecule is N#Cc1cc(NC(=O)c2ccnc(F)c2)ccc1F. The van der Waals surface area contributed by atoms with Crippen LogP contribution in [0.25, 0.3) is 0 Å². The highest BCUT2D eigenvalue weighted by molar-refractivity contribution is 6.04. The van der Waals surface area contributed by atoms with Crippen molar-refractivity contribution in [1.29, 1.82) is 5.26 Å². The maximum Gasteiger partial charge on any atom is 0.255 e. The van der Waals surface area contributed by atoms with E-state index < -0.39 is 17.7 Å². The van der Waals surface area contributed by atoms with Crippen LogP contribution in [-0.2, 0) is 0 Å². The molecule has 0 saturated carbocycles. The molecular weight excluding hydrogens is 252 g/mol. The minimum absolute atomic E-state index is 0.0790. The van der Waals surface area contributed by atoms with Crippen molar-refractivity contribution >= 4 is 11.6 Å². The fourth-order valence-electron chi connectivity index (χ4n) is 1.44. The number of amides is 1. The monoisotopic (exact) mass is 259 g/mol. The third kappa shape index (κ3) is 2.90. The molecule has 0 fully saturated rings. The Labute approximate surface area is 107 Å². The van der Waals surface area contributed by atoms with Gasteiger partial charge in [0, 0.05) is 23.5 Å². The minimum atomic E-state index is -0.774. The fraction of sp³-hybridized carbons (Fsp3) is 0. The van der Waals surface area contributed by atoms with Gasteiger partial charge in [0.05, 0.1) is 5.56 Å². The summed E-state index contributed by atoms with van der Waals surface area (Å²) in [6, 6.07) is 7.56. The predicted octanol–water partition coefficient (Wildman–Crippen LogP) is 2.48. The number of aromatic nitrogens is 1. The number of rotatable bonds is 2. The lowest BCUT2D eigenvalue weighted by Crippen LogP contribution is -2.12. The highest BCUT2D eigenvalue weighted by atomic mass is 19.1. The summed E-state index contributed by atoms with van der Waals surface area (Å²) in [4.78, 5) is 15.1. The van der Waals surface area contributed by atoms with E-state index in [-0.39, 0.29) is 16.8 Å². The van der Waals surface area contributed by atoms with Crippen molar-refractivity contribution in [2.24, 2.45) is 0 Å². The first kappa shape index (κ1) is 12.6. The summed E-state index contributed by atoms with van der Waals surface area (Å²) in [5.41, 5.74) is 0.147. The molecule has 0 saturated heterocycles. The maximum absolute atomic E-state index is 13.1. The van der Waals surface area contributed by atoms with Gasteiger partial charge in [-0.15, -0.1) is 0 Å². The van der Waals surface area contributed by atoms with E-state index >= 15 is 0 Å². The third-order valence-corrected chi connectivity index (χ3v) is 2.33. The van der Waals surface area contributed by atoms with E-state index in [2.05, 4.69) is 10.3 Å². The maximum atomic E-state index is 13.1. The summed E-state index contributed by atoms with van der Waals surface area (Å²) in [6.07, 6.45) is 1.16. The van der Waals surface area contributed by atoms with Crippen molar-refractivity contribution in [2.45, 2.75) is 0 Å². The molecule has 0 atom stereocenters. The van der Waals surface area contributed by atoms with Crippen LogP contribution in [0.15, 0.2) is 36.5 Å². The average molecular weight is 259 g/mol. The molecule has 1 N–H and O–H groups in total. The van der Waals surface area contributed by atoms with Crippen LogP contribution in [0.5, 0.6) is 0 Å². The van der Waals surface area contributed by atoms with Crippen molar-refractivity contribution in [3.63, 3.8) is 0 Å². The topological polar surface area (TPSA) is 65.8 Å². The summed E-state index contributed by atoms with van der Waals surface area (Å²) in [7, 11) is 0. The van der Waals surface area contributed by atoms with Gasteiger partial charge in [-0.3, -0.25) is 4.79 Å². The van der Waals surface area contributed by atoms with Gasteiger partial charge < -0.3 is 5.32 Å². The summed E-state index contributed by atoms with van der Waals surface area (Å²) in [5, 5.41) is 11.1. The Kier molecular flexibility index (Phi) is 3.48. The van der Waals surface area contributed by atoms with Crippen molar-refractivity contribution in [3.8, 4) is 6.07 Å². The Morgan fingerprint density at radius 3 is 2.74 bits per heavy atom. The summed E-state index contributed by atoms with van der Waals surface area (Å²) >= 11 is 0. The molecule has 0 aliphatic carbocycles. The summed E-state index contributed by atoms with van der Waals surface area (Å²) in [6.45, 7) is 0. The van der Waals surface area contributed by atoms with Gasteiger partial charge in [0.25, 0.3) is 5.91 Å². The van der Waals surface area contributed by atoms with E-state index in [0.29, 0.717) is 0 Å². The van der Waals surface area contributed by atoms with Crippen LogP contribution in [0, 0.1) is 23.1 Å². The molecule has 1 heterocycles. The van der Waals surface area contributed by atoms with Crippen LogP contribution >= 0.6 is 0 Å². The molecule has 1 amide bonds. The zero-order valence-corrected chi connectivity index (χ0v) is 9.52. The lowest BCUT2D eigenvalue weighted by Gasteiger charge is -2.05. The largest absolute Gasteiger partial charge is 0.322 e. The van der Waals surface area contributed by atoms with Gasteiger partial charge >= 0.3 is 0 Å². The Morgan fingerprint density at radius 1 is 1.26 bits per heavy atom. The van der Waals surface area contributed by atoms with Crippen LogP contribution in [0.4, 0.5) is 14.5 Å². The number of carbonyl (C=O) groups is 1. The molecule has 1 aromatic carbocycles. The van der Waals surface area contributed by atoms with Crippen LogP contribution in [0.3, 0.4) is 0 Å². The molecule has 94 valence electrons. The van der Waals surface area contributed by atoms with Gasteiger partial charge in [0.1, 0.15) is 11.9 Å². The van der Waals surface area contributed by atoms with E-state index in [4.69, 9.17) is 5.26 Å². The second-order valence-electron chi connectivity index (χ2n) is 3.63. The Bertz CT molecular complexity index is 680. The Balaban J connectivity index is 2.22. The number of nitrogens with one attached hydrogen (secondary N) is 1. The molecule has 6 heteroatoms. The molecule has 2 aromatic rings. The lowest BCUT2D eigenvalue weighted by atomic mass is 10.2. The average Bonchev–Trinajstić information content (AvgIpc) is 2.41. The first-order valence-corrected chi connectivity index (χ1v) is 5.22. The van der Waals surface area contributed by atoms with E-state index in [1.165, 1.54) is 18.2 Å². The molecule has 4 nitrogen and oxygen atoms in total. The number of nitriles is 1. The van der Waals surface area contributed by atoms with E-state index in [9.17, 15) is 13.6 Å². The first-order valence-electron chi connectivity index (χ1n) is 5.22. The lowest BCUT2D eigenvalue weighted by molar-refractivity contribution is 0.102. The zero-order chi connectivity index (χ0) is 13.8. The second-order valence-corrected chi connectivity index (χ2v) is 3.63. The van der Waals surface area contributed by atoms with E-state index in [1.807, 2.05) is 0 Å². The van der Waals surface area contributed by atoms with Crippen molar-refractivity contribution in [2.75, 3.05) is 5.32 Å². The number of carbonyl (C=O) groups excluding carboxylic acids is 1. The van der Waals surface area contributed by atoms with Gasteiger partial charge in [-0.25, -0.2) is 9.37 Å². The molecular formula is C13H7F2N3O. The van der Waals surface area contributed by atoms with E-state index in [0.717, 1.165) is 18.3 Å². The number of hydrogen-bond acceptors (Lipinski definition) is 3. The molecule has 0 unspecified atom stereocenters. The summed E-state index contributed by atoms with van der Waals surface area (Å²) in [5.74, 6) is -2.02. The number of halogens is 2. The molecule has 0 aliphatic heterocycles. The van der Waals surface area contributed by atoms with Gasteiger partial charge in [0.2, 0.25) is 5.95 Å². The Morgan fingerprint density at radius 2 is 2.05 bits per heavy atom. The standard InChI is InChI=1S/C13H7F2N3O/c14-11-2-1-10(5-9(11)7-16)18-13(19)8-3-4-17-12(15)6-8/h1-6H,(H,18,19). The van der Waals surface area contributed by atoms with Crippen molar-refractivity contribution in [3.05, 3.63) is 59.4 Å². The van der Waals surface area contributed by atoms with Crippen molar-refractivity contribution in [1.82, 2.24) is 4.98 Å². The zero-order valence-electron chi connectivity index (χ0n) is 9.52. The van der Waals surface area contributed by atoms with Gasteiger partial charge in [0.15, 0.2) is 0 Å². The van der Waals surface area contributed by atoms with Crippen LogP contribution in [0.1, 0.15) is 15.9 Å². The summed E-state index contributed by atoms with van der Waals surface area (Å²) < 4.78 is 25.9. The predicted molar refractivity (Wildman–Crippen MR) is 63.3 cm³/mol. The highest BCUT2D eigenvalue weighted by Gasteiger charge is 2.09. The van der Waals surface area contributed by atoms with Crippen LogP contribution in [-0.4, -0.2) is 10.9 Å². The number of benzene rings is 1. The van der Waals surface area contributed by atoms with E-state index in [1.54, 1.807) is 6.07 Å². The number of anilines is 1. The van der Waals surface area contributed by atoms with Crippen LogP contribution < -0.4 is 5.32 Å². The number of hydrogen-bond donors (Lipinski definition) is 1. The highest BCUT2D eigenvalue weighted by Crippen LogP contribution is 2.15.